The molecule has 1 aliphatic heterocycles. The average molecular weight is 349 g/mol. The Hall–Kier alpha value is -1.70. The first-order valence-corrected chi connectivity index (χ1v) is 9.49. The molecule has 1 aromatic heterocycles. The summed E-state index contributed by atoms with van der Waals surface area (Å²) in [6, 6.07) is 10.1. The summed E-state index contributed by atoms with van der Waals surface area (Å²) in [6.07, 6.45) is 4.62. The molecule has 2 aromatic rings. The minimum Gasteiger partial charge on any atom is -0.381 e. The Morgan fingerprint density at radius 2 is 2.04 bits per heavy atom. The predicted octanol–water partition coefficient (Wildman–Crippen LogP) is 1.69. The van der Waals surface area contributed by atoms with Gasteiger partial charge in [-0.15, -0.1) is 0 Å². The van der Waals surface area contributed by atoms with Gasteiger partial charge in [0.2, 0.25) is 0 Å². The average Bonchev–Trinajstić information content (AvgIpc) is 3.03. The summed E-state index contributed by atoms with van der Waals surface area (Å²) in [4.78, 5) is 4.01. The van der Waals surface area contributed by atoms with Gasteiger partial charge in [-0.3, -0.25) is 0 Å². The second-order valence-electron chi connectivity index (χ2n) is 6.25. The fourth-order valence-corrected chi connectivity index (χ4v) is 4.75. The number of methoxy groups -OCH3 is 1. The first kappa shape index (κ1) is 17.1. The highest BCUT2D eigenvalue weighted by atomic mass is 32.2. The van der Waals surface area contributed by atoms with Crippen molar-refractivity contribution in [3.63, 3.8) is 0 Å². The van der Waals surface area contributed by atoms with Gasteiger partial charge >= 0.3 is 0 Å². The van der Waals surface area contributed by atoms with Crippen molar-refractivity contribution in [2.45, 2.75) is 24.0 Å². The molecule has 0 unspecified atom stereocenters. The molecule has 0 spiro atoms. The summed E-state index contributed by atoms with van der Waals surface area (Å²) in [5.74, 6) is 0.129. The lowest BCUT2D eigenvalue weighted by atomic mass is 9.89. The maximum atomic E-state index is 12.8. The second kappa shape index (κ2) is 7.04. The number of rotatable bonds is 5. The number of hydrogen-bond acceptors (Lipinski definition) is 4. The van der Waals surface area contributed by atoms with Gasteiger partial charge in [0.25, 0.3) is 10.0 Å². The Kier molecular flexibility index (Phi) is 5.03. The van der Waals surface area contributed by atoms with E-state index in [1.807, 2.05) is 18.2 Å². The van der Waals surface area contributed by atoms with Crippen molar-refractivity contribution in [2.24, 2.45) is 13.0 Å². The fraction of sp³-hybridized carbons (Fsp3) is 0.471. The van der Waals surface area contributed by atoms with Crippen molar-refractivity contribution in [1.29, 1.82) is 0 Å². The van der Waals surface area contributed by atoms with E-state index in [4.69, 9.17) is 4.74 Å². The van der Waals surface area contributed by atoms with Gasteiger partial charge in [-0.2, -0.15) is 4.31 Å². The lowest BCUT2D eigenvalue weighted by molar-refractivity contribution is 0.0130. The standard InChI is InChI=1S/C17H23N3O3S/c1-19-12-17(18-13-19)24(21,22)20-9-8-16(23-2)15(11-20)10-14-6-4-3-5-7-14/h3-7,12-13,15-16H,8-11H2,1-2H3/t15-,16+/m1/s1. The summed E-state index contributed by atoms with van der Waals surface area (Å²) >= 11 is 0. The number of piperidine rings is 1. The van der Waals surface area contributed by atoms with E-state index in [-0.39, 0.29) is 17.0 Å². The molecule has 130 valence electrons. The summed E-state index contributed by atoms with van der Waals surface area (Å²) in [5.41, 5.74) is 1.20. The van der Waals surface area contributed by atoms with Gasteiger partial charge in [0.15, 0.2) is 5.03 Å². The molecule has 3 rings (SSSR count). The quantitative estimate of drug-likeness (QED) is 0.824. The van der Waals surface area contributed by atoms with Crippen LogP contribution in [0, 0.1) is 5.92 Å². The molecule has 1 aromatic carbocycles. The van der Waals surface area contributed by atoms with Crippen LogP contribution in [0.2, 0.25) is 0 Å². The highest BCUT2D eigenvalue weighted by Crippen LogP contribution is 2.27. The van der Waals surface area contributed by atoms with Crippen LogP contribution in [0.3, 0.4) is 0 Å². The number of imidazole rings is 1. The third-order valence-electron chi connectivity index (χ3n) is 4.56. The highest BCUT2D eigenvalue weighted by Gasteiger charge is 2.36. The van der Waals surface area contributed by atoms with Crippen molar-refractivity contribution in [3.05, 3.63) is 48.4 Å². The Bertz CT molecular complexity index is 773. The first-order valence-electron chi connectivity index (χ1n) is 8.05. The molecule has 7 heteroatoms. The zero-order valence-corrected chi connectivity index (χ0v) is 14.8. The van der Waals surface area contributed by atoms with Gasteiger partial charge in [-0.1, -0.05) is 30.3 Å². The normalized spacial score (nSPS) is 22.6. The monoisotopic (exact) mass is 349 g/mol. The largest absolute Gasteiger partial charge is 0.381 e. The van der Waals surface area contributed by atoms with Crippen molar-refractivity contribution in [2.75, 3.05) is 20.2 Å². The van der Waals surface area contributed by atoms with Crippen LogP contribution in [0.25, 0.3) is 0 Å². The number of benzene rings is 1. The van der Waals surface area contributed by atoms with Gasteiger partial charge in [0.1, 0.15) is 0 Å². The number of aromatic nitrogens is 2. The van der Waals surface area contributed by atoms with E-state index < -0.39 is 10.0 Å². The third-order valence-corrected chi connectivity index (χ3v) is 6.31. The lowest BCUT2D eigenvalue weighted by Gasteiger charge is -2.36. The Morgan fingerprint density at radius 3 is 2.67 bits per heavy atom. The zero-order chi connectivity index (χ0) is 17.2. The SMILES string of the molecule is CO[C@H]1CCN(S(=O)(=O)c2cn(C)cn2)C[C@H]1Cc1ccccc1. The maximum absolute atomic E-state index is 12.8. The summed E-state index contributed by atoms with van der Waals surface area (Å²) < 4.78 is 34.4. The van der Waals surface area contributed by atoms with Crippen molar-refractivity contribution in [1.82, 2.24) is 13.9 Å². The van der Waals surface area contributed by atoms with E-state index in [1.165, 1.54) is 11.9 Å². The van der Waals surface area contributed by atoms with E-state index in [2.05, 4.69) is 17.1 Å². The minimum atomic E-state index is -3.55. The van der Waals surface area contributed by atoms with Crippen molar-refractivity contribution >= 4 is 10.0 Å². The van der Waals surface area contributed by atoms with Crippen LogP contribution in [0.4, 0.5) is 0 Å². The number of hydrogen-bond donors (Lipinski definition) is 0. The Labute approximate surface area is 143 Å². The van der Waals surface area contributed by atoms with E-state index in [0.717, 1.165) is 6.42 Å². The van der Waals surface area contributed by atoms with E-state index in [0.29, 0.717) is 19.5 Å². The summed E-state index contributed by atoms with van der Waals surface area (Å²) in [7, 11) is -0.0870. The molecule has 2 heterocycles. The van der Waals surface area contributed by atoms with E-state index in [1.54, 1.807) is 29.2 Å². The molecule has 0 bridgehead atoms. The van der Waals surface area contributed by atoms with Crippen LogP contribution < -0.4 is 0 Å². The zero-order valence-electron chi connectivity index (χ0n) is 14.0. The third kappa shape index (κ3) is 3.53. The molecule has 0 N–H and O–H groups in total. The van der Waals surface area contributed by atoms with Gasteiger partial charge < -0.3 is 9.30 Å². The second-order valence-corrected chi connectivity index (χ2v) is 8.14. The van der Waals surface area contributed by atoms with Crippen molar-refractivity contribution < 1.29 is 13.2 Å². The number of sulfonamides is 1. The molecular formula is C17H23N3O3S. The van der Waals surface area contributed by atoms with Crippen LogP contribution in [-0.4, -0.2) is 48.6 Å². The number of aryl methyl sites for hydroxylation is 1. The van der Waals surface area contributed by atoms with Crippen LogP contribution >= 0.6 is 0 Å². The predicted molar refractivity (Wildman–Crippen MR) is 91.0 cm³/mol. The maximum Gasteiger partial charge on any atom is 0.262 e. The van der Waals surface area contributed by atoms with Crippen LogP contribution in [0.15, 0.2) is 47.9 Å². The van der Waals surface area contributed by atoms with Gasteiger partial charge in [-0.25, -0.2) is 13.4 Å². The van der Waals surface area contributed by atoms with Gasteiger partial charge in [0.05, 0.1) is 12.4 Å². The molecule has 24 heavy (non-hydrogen) atoms. The Morgan fingerprint density at radius 1 is 1.29 bits per heavy atom. The molecule has 1 fully saturated rings. The van der Waals surface area contributed by atoms with Crippen LogP contribution in [0.1, 0.15) is 12.0 Å². The molecule has 6 nitrogen and oxygen atoms in total. The molecule has 2 atom stereocenters. The van der Waals surface area contributed by atoms with Crippen molar-refractivity contribution in [3.8, 4) is 0 Å². The van der Waals surface area contributed by atoms with Gasteiger partial charge in [0, 0.05) is 39.4 Å². The highest BCUT2D eigenvalue weighted by molar-refractivity contribution is 7.89. The van der Waals surface area contributed by atoms with Gasteiger partial charge in [-0.05, 0) is 18.4 Å². The first-order chi connectivity index (χ1) is 11.5. The topological polar surface area (TPSA) is 64.4 Å². The molecule has 1 aliphatic rings. The summed E-state index contributed by atoms with van der Waals surface area (Å²) in [5, 5.41) is 0.110. The van der Waals surface area contributed by atoms with E-state index in [9.17, 15) is 8.42 Å². The fourth-order valence-electron chi connectivity index (χ4n) is 3.27. The van der Waals surface area contributed by atoms with E-state index >= 15 is 0 Å². The number of nitrogens with zero attached hydrogens (tertiary/aromatic N) is 3. The Balaban J connectivity index is 1.79. The number of ether oxygens (including phenoxy) is 1. The summed E-state index contributed by atoms with van der Waals surface area (Å²) in [6.45, 7) is 0.912. The molecule has 0 amide bonds. The minimum absolute atomic E-state index is 0.0698. The molecule has 0 saturated carbocycles. The molecular weight excluding hydrogens is 326 g/mol. The van der Waals surface area contributed by atoms with Crippen LogP contribution in [-0.2, 0) is 28.2 Å². The lowest BCUT2D eigenvalue weighted by Crippen LogP contribution is -2.47. The molecule has 0 aliphatic carbocycles. The smallest absolute Gasteiger partial charge is 0.262 e. The molecule has 0 radical (unpaired) electrons. The molecule has 1 saturated heterocycles. The van der Waals surface area contributed by atoms with Crippen LogP contribution in [0.5, 0.6) is 0 Å².